The Kier molecular flexibility index (Phi) is 5.22. The highest BCUT2D eigenvalue weighted by atomic mass is 19.4. The Morgan fingerprint density at radius 1 is 1.15 bits per heavy atom. The number of alkyl halides is 3. The van der Waals surface area contributed by atoms with Gasteiger partial charge < -0.3 is 4.90 Å². The van der Waals surface area contributed by atoms with Crippen molar-refractivity contribution in [2.24, 2.45) is 0 Å². The summed E-state index contributed by atoms with van der Waals surface area (Å²) in [6.07, 6.45) is -4.42. The van der Waals surface area contributed by atoms with E-state index in [2.05, 4.69) is 0 Å². The zero-order valence-electron chi connectivity index (χ0n) is 14.0. The van der Waals surface area contributed by atoms with Crippen LogP contribution in [0.1, 0.15) is 18.4 Å². The largest absolute Gasteiger partial charge is 0.472 e. The molecule has 11 heteroatoms. The Balaban J connectivity index is 1.57. The summed E-state index contributed by atoms with van der Waals surface area (Å²) in [6.45, 7) is 0.397. The van der Waals surface area contributed by atoms with Crippen molar-refractivity contribution in [3.63, 3.8) is 0 Å². The summed E-state index contributed by atoms with van der Waals surface area (Å²) in [7, 11) is 0. The van der Waals surface area contributed by atoms with E-state index in [-0.39, 0.29) is 25.6 Å². The highest BCUT2D eigenvalue weighted by Crippen LogP contribution is 2.30. The molecule has 0 aromatic heterocycles. The Morgan fingerprint density at radius 3 is 2.52 bits per heavy atom. The molecule has 0 unspecified atom stereocenters. The van der Waals surface area contributed by atoms with Crippen LogP contribution in [0, 0.1) is 0 Å². The minimum absolute atomic E-state index is 0.176. The number of fused-ring (bicyclic) bond motifs is 2. The maximum Gasteiger partial charge on any atom is 0.472 e. The second kappa shape index (κ2) is 7.43. The number of nitrogens with one attached hydrogen (secondary N) is 2. The second-order valence-corrected chi connectivity index (χ2v) is 6.21. The van der Waals surface area contributed by atoms with Crippen molar-refractivity contribution in [1.29, 1.82) is 0 Å². The van der Waals surface area contributed by atoms with Crippen molar-refractivity contribution in [3.8, 4) is 0 Å². The molecule has 0 spiro atoms. The summed E-state index contributed by atoms with van der Waals surface area (Å²) < 4.78 is 36.5. The maximum atomic E-state index is 12.5. The minimum Gasteiger partial charge on any atom is -0.309 e. The third-order valence-corrected chi connectivity index (χ3v) is 4.40. The molecule has 8 nitrogen and oxygen atoms in total. The van der Waals surface area contributed by atoms with Crippen LogP contribution in [0.3, 0.4) is 0 Å². The van der Waals surface area contributed by atoms with E-state index < -0.39 is 30.1 Å². The van der Waals surface area contributed by atoms with Crippen molar-refractivity contribution >= 4 is 17.8 Å². The van der Waals surface area contributed by atoms with Crippen LogP contribution in [0.4, 0.5) is 18.0 Å². The molecule has 2 bridgehead atoms. The monoisotopic (exact) mass is 386 g/mol. The number of hydrogen-bond acceptors (Lipinski definition) is 4. The predicted molar refractivity (Wildman–Crippen MR) is 84.3 cm³/mol. The lowest BCUT2D eigenvalue weighted by Crippen LogP contribution is -2.56. The number of benzene rings is 1. The molecule has 2 aliphatic heterocycles. The molecule has 1 aromatic carbocycles. The average Bonchev–Trinajstić information content (AvgIpc) is 2.88. The normalized spacial score (nSPS) is 22.0. The summed E-state index contributed by atoms with van der Waals surface area (Å²) in [6, 6.07) is 7.45. The number of carbonyl (C=O) groups is 3. The van der Waals surface area contributed by atoms with Crippen molar-refractivity contribution in [1.82, 2.24) is 20.8 Å². The third-order valence-electron chi connectivity index (χ3n) is 4.40. The number of nitrogens with zero attached hydrogens (tertiary/aromatic N) is 2. The number of carbonyl (C=O) groups excluding carboxylic acids is 3. The first-order chi connectivity index (χ1) is 12.8. The molecule has 2 fully saturated rings. The lowest BCUT2D eigenvalue weighted by molar-refractivity contribution is -0.175. The van der Waals surface area contributed by atoms with Crippen molar-refractivity contribution < 1.29 is 32.4 Å². The van der Waals surface area contributed by atoms with Gasteiger partial charge in [-0.15, -0.1) is 0 Å². The van der Waals surface area contributed by atoms with Crippen molar-refractivity contribution in [2.45, 2.75) is 37.7 Å². The van der Waals surface area contributed by atoms with Gasteiger partial charge in [-0.2, -0.15) is 18.2 Å². The Bertz CT molecular complexity index is 728. The highest BCUT2D eigenvalue weighted by molar-refractivity contribution is 5.90. The van der Waals surface area contributed by atoms with Gasteiger partial charge in [0, 0.05) is 6.54 Å². The lowest BCUT2D eigenvalue weighted by atomic mass is 10.0. The molecule has 2 saturated heterocycles. The number of amides is 4. The van der Waals surface area contributed by atoms with Gasteiger partial charge in [-0.3, -0.25) is 25.3 Å². The summed E-state index contributed by atoms with van der Waals surface area (Å²) in [5.41, 5.74) is 3.89. The first-order valence-corrected chi connectivity index (χ1v) is 8.21. The molecule has 1 aromatic rings. The molecule has 4 amide bonds. The summed E-state index contributed by atoms with van der Waals surface area (Å²) in [4.78, 5) is 42.2. The number of hydrazine groups is 1. The van der Waals surface area contributed by atoms with Crippen LogP contribution >= 0.6 is 0 Å². The van der Waals surface area contributed by atoms with Gasteiger partial charge in [-0.25, -0.2) is 4.79 Å². The van der Waals surface area contributed by atoms with E-state index in [0.29, 0.717) is 6.42 Å². The molecule has 0 radical (unpaired) electrons. The second-order valence-electron chi connectivity index (χ2n) is 6.21. The van der Waals surface area contributed by atoms with Crippen LogP contribution in [0.15, 0.2) is 30.3 Å². The first-order valence-electron chi connectivity index (χ1n) is 8.21. The van der Waals surface area contributed by atoms with Gasteiger partial charge >= 0.3 is 18.1 Å². The first kappa shape index (κ1) is 19.0. The summed E-state index contributed by atoms with van der Waals surface area (Å²) in [5.74, 6) is -3.17. The van der Waals surface area contributed by atoms with E-state index in [1.54, 1.807) is 5.43 Å². The van der Waals surface area contributed by atoms with Crippen molar-refractivity contribution in [2.75, 3.05) is 6.54 Å². The Labute approximate surface area is 152 Å². The minimum atomic E-state index is -5.11. The summed E-state index contributed by atoms with van der Waals surface area (Å²) in [5, 5.41) is 1.20. The summed E-state index contributed by atoms with van der Waals surface area (Å²) >= 11 is 0. The average molecular weight is 386 g/mol. The van der Waals surface area contributed by atoms with E-state index in [4.69, 9.17) is 4.84 Å². The number of halogens is 3. The SMILES string of the molecule is O=C(NNC(=O)C(F)(F)F)[C@@H]1CC[C@@H]2CN1C(=O)N2OCc1ccccc1. The van der Waals surface area contributed by atoms with E-state index in [1.165, 1.54) is 15.4 Å². The zero-order chi connectivity index (χ0) is 19.6. The molecule has 3 rings (SSSR count). The molecule has 2 atom stereocenters. The Hall–Kier alpha value is -2.82. The molecule has 2 aliphatic rings. The van der Waals surface area contributed by atoms with E-state index >= 15 is 0 Å². The third kappa shape index (κ3) is 4.13. The van der Waals surface area contributed by atoms with Gasteiger partial charge in [-0.1, -0.05) is 30.3 Å². The van der Waals surface area contributed by atoms with Gasteiger partial charge in [0.05, 0.1) is 6.04 Å². The molecule has 2 heterocycles. The number of urea groups is 1. The fourth-order valence-electron chi connectivity index (χ4n) is 3.06. The highest BCUT2D eigenvalue weighted by Gasteiger charge is 2.48. The number of hydrogen-bond donors (Lipinski definition) is 2. The number of rotatable bonds is 4. The molecule has 146 valence electrons. The lowest BCUT2D eigenvalue weighted by Gasteiger charge is -2.29. The van der Waals surface area contributed by atoms with Crippen LogP contribution in [0.25, 0.3) is 0 Å². The van der Waals surface area contributed by atoms with Gasteiger partial charge in [0.2, 0.25) is 0 Å². The standard InChI is InChI=1S/C16H17F3N4O4/c17-16(18,19)14(25)21-20-13(24)12-7-6-11-8-22(12)15(26)23(11)27-9-10-4-2-1-3-5-10/h1-5,11-12H,6-9H2,(H,20,24)(H,21,25)/t11-,12+/m1/s1. The molecule has 2 N–H and O–H groups in total. The van der Waals surface area contributed by atoms with Gasteiger partial charge in [0.25, 0.3) is 5.91 Å². The quantitative estimate of drug-likeness (QED) is 0.759. The van der Waals surface area contributed by atoms with Crippen molar-refractivity contribution in [3.05, 3.63) is 35.9 Å². The van der Waals surface area contributed by atoms with Crippen LogP contribution in [-0.4, -0.2) is 52.6 Å². The Morgan fingerprint density at radius 2 is 1.85 bits per heavy atom. The van der Waals surface area contributed by atoms with Crippen LogP contribution in [0.2, 0.25) is 0 Å². The van der Waals surface area contributed by atoms with Gasteiger partial charge in [-0.05, 0) is 18.4 Å². The van der Waals surface area contributed by atoms with E-state index in [0.717, 1.165) is 5.56 Å². The van der Waals surface area contributed by atoms with Crippen LogP contribution in [0.5, 0.6) is 0 Å². The topological polar surface area (TPSA) is 91.0 Å². The van der Waals surface area contributed by atoms with Crippen LogP contribution in [-0.2, 0) is 21.0 Å². The molecular formula is C16H17F3N4O4. The zero-order valence-corrected chi connectivity index (χ0v) is 14.0. The predicted octanol–water partition coefficient (Wildman–Crippen LogP) is 1.10. The van der Waals surface area contributed by atoms with E-state index in [1.807, 2.05) is 30.3 Å². The number of hydroxylamine groups is 2. The van der Waals surface area contributed by atoms with Crippen LogP contribution < -0.4 is 10.9 Å². The number of piperidine rings is 1. The van der Waals surface area contributed by atoms with Gasteiger partial charge in [0.15, 0.2) is 0 Å². The molecular weight excluding hydrogens is 369 g/mol. The van der Waals surface area contributed by atoms with Gasteiger partial charge in [0.1, 0.15) is 12.6 Å². The van der Waals surface area contributed by atoms with E-state index in [9.17, 15) is 27.6 Å². The maximum absolute atomic E-state index is 12.5. The molecule has 0 aliphatic carbocycles. The fourth-order valence-corrected chi connectivity index (χ4v) is 3.06. The fraction of sp³-hybridized carbons (Fsp3) is 0.438. The molecule has 0 saturated carbocycles. The molecule has 27 heavy (non-hydrogen) atoms. The smallest absolute Gasteiger partial charge is 0.309 e.